The van der Waals surface area contributed by atoms with Crippen molar-refractivity contribution in [2.75, 3.05) is 7.11 Å². The average molecular weight is 355 g/mol. The van der Waals surface area contributed by atoms with Crippen LogP contribution in [0.15, 0.2) is 71.2 Å². The summed E-state index contributed by atoms with van der Waals surface area (Å²) in [5, 5.41) is 0. The minimum absolute atomic E-state index is 0.332. The lowest BCUT2D eigenvalue weighted by molar-refractivity contribution is -0.136. The highest BCUT2D eigenvalue weighted by Crippen LogP contribution is 2.23. The minimum Gasteiger partial charge on any atom is -0.466 e. The van der Waals surface area contributed by atoms with E-state index in [1.54, 1.807) is 0 Å². The lowest BCUT2D eigenvalue weighted by atomic mass is 9.92. The number of ether oxygens (including phenoxy) is 1. The molecule has 1 atom stereocenters. The van der Waals surface area contributed by atoms with E-state index in [0.29, 0.717) is 5.57 Å². The van der Waals surface area contributed by atoms with E-state index < -0.39 is 11.9 Å². The van der Waals surface area contributed by atoms with Gasteiger partial charge in [-0.25, -0.2) is 4.79 Å². The van der Waals surface area contributed by atoms with E-state index in [1.807, 2.05) is 54.6 Å². The molecule has 0 N–H and O–H groups in total. The van der Waals surface area contributed by atoms with E-state index in [4.69, 9.17) is 4.74 Å². The molecule has 0 aliphatic carbocycles. The molecule has 0 spiro atoms. The van der Waals surface area contributed by atoms with E-state index in [1.165, 1.54) is 7.11 Å². The molecule has 0 saturated carbocycles. The topological polar surface area (TPSA) is 26.3 Å². The molecular weight excluding hydrogens is 340 g/mol. The first-order valence-electron chi connectivity index (χ1n) is 6.71. The van der Waals surface area contributed by atoms with Crippen LogP contribution < -0.4 is 0 Å². The van der Waals surface area contributed by atoms with Gasteiger partial charge in [-0.1, -0.05) is 64.7 Å². The summed E-state index contributed by atoms with van der Waals surface area (Å²) in [6.07, 6.45) is 0. The molecule has 110 valence electrons. The van der Waals surface area contributed by atoms with Crippen molar-refractivity contribution in [2.45, 2.75) is 5.92 Å². The maximum atomic E-state index is 11.8. The van der Waals surface area contributed by atoms with Gasteiger partial charge < -0.3 is 4.74 Å². The highest BCUT2D eigenvalue weighted by atomic mass is 79.9. The third-order valence-electron chi connectivity index (χ3n) is 3.13. The van der Waals surface area contributed by atoms with E-state index in [-0.39, 0.29) is 0 Å². The molecular formula is C19H15BrO2. The largest absolute Gasteiger partial charge is 0.466 e. The van der Waals surface area contributed by atoms with Gasteiger partial charge in [0.25, 0.3) is 0 Å². The highest BCUT2D eigenvalue weighted by molar-refractivity contribution is 9.10. The molecule has 2 aromatic rings. The summed E-state index contributed by atoms with van der Waals surface area (Å²) in [4.78, 5) is 11.8. The number of rotatable bonds is 3. The van der Waals surface area contributed by atoms with Gasteiger partial charge in [0.05, 0.1) is 13.0 Å². The first-order valence-corrected chi connectivity index (χ1v) is 7.50. The molecule has 0 aromatic heterocycles. The minimum atomic E-state index is -0.445. The van der Waals surface area contributed by atoms with Crippen LogP contribution in [-0.4, -0.2) is 13.1 Å². The number of hydrogen-bond donors (Lipinski definition) is 0. The SMILES string of the molecule is C=C(C(=O)OC)[C@H](C#Cc1ccc(Br)cc1)c1ccccc1. The zero-order chi connectivity index (χ0) is 15.9. The van der Waals surface area contributed by atoms with Crippen molar-refractivity contribution in [1.29, 1.82) is 0 Å². The molecule has 2 rings (SSSR count). The lowest BCUT2D eigenvalue weighted by Gasteiger charge is -2.12. The van der Waals surface area contributed by atoms with Crippen molar-refractivity contribution >= 4 is 21.9 Å². The second-order valence-corrected chi connectivity index (χ2v) is 5.55. The molecule has 22 heavy (non-hydrogen) atoms. The summed E-state index contributed by atoms with van der Waals surface area (Å²) in [7, 11) is 1.34. The number of esters is 1. The first-order chi connectivity index (χ1) is 10.6. The Morgan fingerprint density at radius 1 is 1.14 bits per heavy atom. The van der Waals surface area contributed by atoms with Crippen molar-refractivity contribution in [2.24, 2.45) is 0 Å². The monoisotopic (exact) mass is 354 g/mol. The van der Waals surface area contributed by atoms with Crippen molar-refractivity contribution < 1.29 is 9.53 Å². The van der Waals surface area contributed by atoms with Crippen LogP contribution in [0.1, 0.15) is 17.0 Å². The zero-order valence-corrected chi connectivity index (χ0v) is 13.8. The lowest BCUT2D eigenvalue weighted by Crippen LogP contribution is -2.11. The quantitative estimate of drug-likeness (QED) is 0.466. The van der Waals surface area contributed by atoms with Crippen molar-refractivity contribution in [1.82, 2.24) is 0 Å². The Morgan fingerprint density at radius 3 is 2.36 bits per heavy atom. The molecule has 0 amide bonds. The molecule has 0 saturated heterocycles. The third-order valence-corrected chi connectivity index (χ3v) is 3.66. The normalized spacial score (nSPS) is 11.0. The van der Waals surface area contributed by atoms with Crippen LogP contribution in [0.3, 0.4) is 0 Å². The Hall–Kier alpha value is -2.31. The fraction of sp³-hybridized carbons (Fsp3) is 0.105. The number of carbonyl (C=O) groups is 1. The van der Waals surface area contributed by atoms with Crippen molar-refractivity contribution in [3.05, 3.63) is 82.3 Å². The van der Waals surface area contributed by atoms with Crippen LogP contribution in [0.2, 0.25) is 0 Å². The molecule has 2 nitrogen and oxygen atoms in total. The molecule has 0 aliphatic rings. The van der Waals surface area contributed by atoms with Gasteiger partial charge in [-0.15, -0.1) is 0 Å². The van der Waals surface area contributed by atoms with E-state index in [2.05, 4.69) is 34.3 Å². The van der Waals surface area contributed by atoms with Gasteiger partial charge in [-0.05, 0) is 29.8 Å². The number of hydrogen-bond acceptors (Lipinski definition) is 2. The van der Waals surface area contributed by atoms with Gasteiger partial charge in [-0.2, -0.15) is 0 Å². The maximum Gasteiger partial charge on any atom is 0.334 e. The van der Waals surface area contributed by atoms with Crippen LogP contribution in [0.5, 0.6) is 0 Å². The summed E-state index contributed by atoms with van der Waals surface area (Å²) in [6.45, 7) is 3.84. The van der Waals surface area contributed by atoms with Gasteiger partial charge in [0.1, 0.15) is 0 Å². The van der Waals surface area contributed by atoms with Gasteiger partial charge >= 0.3 is 5.97 Å². The summed E-state index contributed by atoms with van der Waals surface area (Å²) in [5.41, 5.74) is 2.13. The molecule has 2 aromatic carbocycles. The molecule has 0 unspecified atom stereocenters. The van der Waals surface area contributed by atoms with Crippen LogP contribution in [0.25, 0.3) is 0 Å². The number of carbonyl (C=O) groups excluding carboxylic acids is 1. The Balaban J connectivity index is 2.36. The molecule has 0 fully saturated rings. The van der Waals surface area contributed by atoms with Gasteiger partial charge in [-0.3, -0.25) is 0 Å². The van der Waals surface area contributed by atoms with E-state index >= 15 is 0 Å². The Morgan fingerprint density at radius 2 is 1.77 bits per heavy atom. The summed E-state index contributed by atoms with van der Waals surface area (Å²) in [5.74, 6) is 5.38. The van der Waals surface area contributed by atoms with E-state index in [9.17, 15) is 4.79 Å². The maximum absolute atomic E-state index is 11.8. The number of benzene rings is 2. The summed E-state index contributed by atoms with van der Waals surface area (Å²) < 4.78 is 5.77. The molecule has 0 heterocycles. The average Bonchev–Trinajstić information content (AvgIpc) is 2.56. The van der Waals surface area contributed by atoms with E-state index in [0.717, 1.165) is 15.6 Å². The molecule has 3 heteroatoms. The third kappa shape index (κ3) is 4.09. The van der Waals surface area contributed by atoms with Gasteiger partial charge in [0.2, 0.25) is 0 Å². The Labute approximate surface area is 138 Å². The number of methoxy groups -OCH3 is 1. The Kier molecular flexibility index (Phi) is 5.57. The predicted molar refractivity (Wildman–Crippen MR) is 91.4 cm³/mol. The van der Waals surface area contributed by atoms with Crippen LogP contribution in [0.4, 0.5) is 0 Å². The van der Waals surface area contributed by atoms with Gasteiger partial charge in [0, 0.05) is 15.6 Å². The van der Waals surface area contributed by atoms with Crippen LogP contribution in [-0.2, 0) is 9.53 Å². The first kappa shape index (κ1) is 16.1. The summed E-state index contributed by atoms with van der Waals surface area (Å²) >= 11 is 3.39. The Bertz CT molecular complexity index is 722. The zero-order valence-electron chi connectivity index (χ0n) is 12.2. The molecule has 0 aliphatic heterocycles. The second kappa shape index (κ2) is 7.63. The number of halogens is 1. The molecule has 0 bridgehead atoms. The van der Waals surface area contributed by atoms with Gasteiger partial charge in [0.15, 0.2) is 0 Å². The smallest absolute Gasteiger partial charge is 0.334 e. The fourth-order valence-electron chi connectivity index (χ4n) is 1.95. The highest BCUT2D eigenvalue weighted by Gasteiger charge is 2.19. The fourth-order valence-corrected chi connectivity index (χ4v) is 2.22. The van der Waals surface area contributed by atoms with Crippen molar-refractivity contribution in [3.63, 3.8) is 0 Å². The van der Waals surface area contributed by atoms with Crippen molar-refractivity contribution in [3.8, 4) is 11.8 Å². The standard InChI is InChI=1S/C19H15BrO2/c1-14(19(21)22-2)18(16-6-4-3-5-7-16)13-10-15-8-11-17(20)12-9-15/h3-9,11-12,18H,1H2,2H3/t18-/m0/s1. The second-order valence-electron chi connectivity index (χ2n) is 4.64. The molecule has 0 radical (unpaired) electrons. The summed E-state index contributed by atoms with van der Waals surface area (Å²) in [6, 6.07) is 17.3. The predicted octanol–water partition coefficient (Wildman–Crippen LogP) is 4.31. The van der Waals surface area contributed by atoms with Crippen LogP contribution >= 0.6 is 15.9 Å². The van der Waals surface area contributed by atoms with Crippen LogP contribution in [0, 0.1) is 11.8 Å².